The van der Waals surface area contributed by atoms with Crippen LogP contribution in [0.15, 0.2) is 24.3 Å². The Bertz CT molecular complexity index is 412. The number of benzene rings is 1. The number of nitrogens with two attached hydrogens (primary N) is 1. The Kier molecular flexibility index (Phi) is 4.19. The summed E-state index contributed by atoms with van der Waals surface area (Å²) >= 11 is 0. The van der Waals surface area contributed by atoms with Gasteiger partial charge in [-0.05, 0) is 11.0 Å². The van der Waals surface area contributed by atoms with Crippen LogP contribution >= 0.6 is 0 Å². The molecule has 1 atom stereocenters. The molecule has 7 heteroatoms. The van der Waals surface area contributed by atoms with Crippen LogP contribution in [0.4, 0.5) is 0 Å². The molecule has 0 aliphatic carbocycles. The first kappa shape index (κ1) is 12.9. The second kappa shape index (κ2) is 5.86. The van der Waals surface area contributed by atoms with E-state index >= 15 is 0 Å². The quantitative estimate of drug-likeness (QED) is 0.304. The maximum absolute atomic E-state index is 8.95. The maximum Gasteiger partial charge on any atom is 0.494 e. The van der Waals surface area contributed by atoms with Gasteiger partial charge in [0.1, 0.15) is 0 Å². The third-order valence-electron chi connectivity index (χ3n) is 2.69. The van der Waals surface area contributed by atoms with Crippen LogP contribution in [0.1, 0.15) is 5.56 Å². The number of nitrogens with one attached hydrogen (secondary N) is 2. The van der Waals surface area contributed by atoms with Gasteiger partial charge in [0.05, 0.1) is 19.3 Å². The SMILES string of the molecule is N=C(N)NCc1ccc(B2OC[C@@H](CO)O2)cc1. The van der Waals surface area contributed by atoms with Gasteiger partial charge in [0.15, 0.2) is 5.96 Å². The van der Waals surface area contributed by atoms with E-state index in [1.54, 1.807) is 0 Å². The number of hydrogen-bond donors (Lipinski definition) is 4. The van der Waals surface area contributed by atoms with Crippen molar-refractivity contribution in [3.8, 4) is 0 Å². The van der Waals surface area contributed by atoms with E-state index in [9.17, 15) is 0 Å². The molecule has 2 rings (SSSR count). The topological polar surface area (TPSA) is 101 Å². The minimum atomic E-state index is -0.406. The van der Waals surface area contributed by atoms with E-state index < -0.39 is 7.12 Å². The third kappa shape index (κ3) is 3.22. The van der Waals surface area contributed by atoms with Gasteiger partial charge in [0.25, 0.3) is 0 Å². The first-order valence-electron chi connectivity index (χ1n) is 5.73. The van der Waals surface area contributed by atoms with Gasteiger partial charge in [-0.3, -0.25) is 5.41 Å². The van der Waals surface area contributed by atoms with Gasteiger partial charge < -0.3 is 25.5 Å². The van der Waals surface area contributed by atoms with Gasteiger partial charge in [-0.2, -0.15) is 0 Å². The number of rotatable bonds is 4. The van der Waals surface area contributed by atoms with Gasteiger partial charge in [-0.15, -0.1) is 0 Å². The van der Waals surface area contributed by atoms with Gasteiger partial charge in [0.2, 0.25) is 0 Å². The molecule has 0 aromatic heterocycles. The minimum absolute atomic E-state index is 0.0306. The molecule has 0 bridgehead atoms. The summed E-state index contributed by atoms with van der Waals surface area (Å²) in [7, 11) is -0.406. The molecule has 1 aliphatic heterocycles. The molecule has 1 aliphatic rings. The normalized spacial score (nSPS) is 18.9. The van der Waals surface area contributed by atoms with Gasteiger partial charge in [-0.1, -0.05) is 24.3 Å². The largest absolute Gasteiger partial charge is 0.494 e. The fourth-order valence-corrected chi connectivity index (χ4v) is 1.71. The van der Waals surface area contributed by atoms with Crippen LogP contribution < -0.4 is 16.5 Å². The number of aliphatic hydroxyl groups excluding tert-OH is 1. The fraction of sp³-hybridized carbons (Fsp3) is 0.364. The molecule has 1 saturated heterocycles. The molecular weight excluding hydrogens is 233 g/mol. The van der Waals surface area contributed by atoms with Crippen molar-refractivity contribution in [1.29, 1.82) is 5.41 Å². The highest BCUT2D eigenvalue weighted by Gasteiger charge is 2.32. The van der Waals surface area contributed by atoms with Crippen molar-refractivity contribution in [1.82, 2.24) is 5.32 Å². The molecule has 5 N–H and O–H groups in total. The molecule has 0 radical (unpaired) electrons. The fourth-order valence-electron chi connectivity index (χ4n) is 1.71. The first-order valence-corrected chi connectivity index (χ1v) is 5.73. The summed E-state index contributed by atoms with van der Waals surface area (Å²) in [6.07, 6.45) is -0.242. The number of hydrogen-bond acceptors (Lipinski definition) is 4. The average molecular weight is 249 g/mol. The molecule has 1 heterocycles. The zero-order valence-corrected chi connectivity index (χ0v) is 9.93. The van der Waals surface area contributed by atoms with E-state index in [1.165, 1.54) is 0 Å². The minimum Gasteiger partial charge on any atom is -0.405 e. The lowest BCUT2D eigenvalue weighted by Gasteiger charge is -2.08. The predicted octanol–water partition coefficient (Wildman–Crippen LogP) is -1.23. The molecule has 0 saturated carbocycles. The van der Waals surface area contributed by atoms with Crippen LogP contribution in [0, 0.1) is 5.41 Å². The molecule has 6 nitrogen and oxygen atoms in total. The van der Waals surface area contributed by atoms with E-state index in [0.29, 0.717) is 13.2 Å². The summed E-state index contributed by atoms with van der Waals surface area (Å²) in [6.45, 7) is 0.896. The summed E-state index contributed by atoms with van der Waals surface area (Å²) in [5, 5.41) is 18.8. The Hall–Kier alpha value is -1.57. The van der Waals surface area contributed by atoms with Crippen LogP contribution in [-0.2, 0) is 15.9 Å². The van der Waals surface area contributed by atoms with Crippen molar-refractivity contribution in [2.45, 2.75) is 12.6 Å². The standard InChI is InChI=1S/C11H16BN3O3/c13-11(14)15-5-8-1-3-9(4-2-8)12-17-7-10(6-16)18-12/h1-4,10,16H,5-7H2,(H4,13,14,15)/t10-/m1/s1. The Morgan fingerprint density at radius 3 is 2.78 bits per heavy atom. The monoisotopic (exact) mass is 249 g/mol. The first-order chi connectivity index (χ1) is 8.69. The molecule has 1 fully saturated rings. The molecule has 0 amide bonds. The summed E-state index contributed by atoms with van der Waals surface area (Å²) in [6, 6.07) is 7.65. The van der Waals surface area contributed by atoms with Crippen LogP contribution in [0.2, 0.25) is 0 Å². The van der Waals surface area contributed by atoms with Gasteiger partial charge in [0, 0.05) is 6.54 Å². The van der Waals surface area contributed by atoms with Crippen molar-refractivity contribution in [3.63, 3.8) is 0 Å². The lowest BCUT2D eigenvalue weighted by Crippen LogP contribution is -2.33. The highest BCUT2D eigenvalue weighted by atomic mass is 16.6. The average Bonchev–Trinajstić information content (AvgIpc) is 2.85. The highest BCUT2D eigenvalue weighted by Crippen LogP contribution is 2.08. The van der Waals surface area contributed by atoms with Gasteiger partial charge >= 0.3 is 7.12 Å². The van der Waals surface area contributed by atoms with E-state index in [0.717, 1.165) is 11.0 Å². The zero-order valence-electron chi connectivity index (χ0n) is 9.93. The molecule has 0 spiro atoms. The lowest BCUT2D eigenvalue weighted by molar-refractivity contribution is 0.134. The van der Waals surface area contributed by atoms with Crippen LogP contribution in [-0.4, -0.2) is 37.5 Å². The zero-order chi connectivity index (χ0) is 13.0. The smallest absolute Gasteiger partial charge is 0.405 e. The summed E-state index contributed by atoms with van der Waals surface area (Å²) in [5.41, 5.74) is 7.14. The van der Waals surface area contributed by atoms with Gasteiger partial charge in [-0.25, -0.2) is 0 Å². The summed E-state index contributed by atoms with van der Waals surface area (Å²) < 4.78 is 10.9. The Morgan fingerprint density at radius 2 is 2.22 bits per heavy atom. The van der Waals surface area contributed by atoms with E-state index in [1.807, 2.05) is 24.3 Å². The van der Waals surface area contributed by atoms with Crippen molar-refractivity contribution < 1.29 is 14.4 Å². The Labute approximate surface area is 106 Å². The second-order valence-electron chi connectivity index (χ2n) is 4.11. The predicted molar refractivity (Wildman–Crippen MR) is 68.5 cm³/mol. The Balaban J connectivity index is 1.93. The summed E-state index contributed by atoms with van der Waals surface area (Å²) in [4.78, 5) is 0. The molecule has 96 valence electrons. The number of aliphatic hydroxyl groups is 1. The molecule has 0 unspecified atom stereocenters. The lowest BCUT2D eigenvalue weighted by atomic mass is 9.79. The van der Waals surface area contributed by atoms with Crippen LogP contribution in [0.25, 0.3) is 0 Å². The molecular formula is C11H16BN3O3. The highest BCUT2D eigenvalue weighted by molar-refractivity contribution is 6.61. The van der Waals surface area contributed by atoms with Crippen molar-refractivity contribution in [2.24, 2.45) is 5.73 Å². The van der Waals surface area contributed by atoms with E-state index in [-0.39, 0.29) is 18.7 Å². The van der Waals surface area contributed by atoms with E-state index in [2.05, 4.69) is 5.32 Å². The van der Waals surface area contributed by atoms with Crippen molar-refractivity contribution in [3.05, 3.63) is 29.8 Å². The molecule has 1 aromatic rings. The Morgan fingerprint density at radius 1 is 1.50 bits per heavy atom. The summed E-state index contributed by atoms with van der Waals surface area (Å²) in [5.74, 6) is -0.0488. The second-order valence-corrected chi connectivity index (χ2v) is 4.11. The van der Waals surface area contributed by atoms with Crippen LogP contribution in [0.3, 0.4) is 0 Å². The number of guanidine groups is 1. The van der Waals surface area contributed by atoms with Crippen molar-refractivity contribution in [2.75, 3.05) is 13.2 Å². The molecule has 18 heavy (non-hydrogen) atoms. The van der Waals surface area contributed by atoms with Crippen LogP contribution in [0.5, 0.6) is 0 Å². The van der Waals surface area contributed by atoms with Crippen molar-refractivity contribution >= 4 is 18.5 Å². The maximum atomic E-state index is 8.95. The molecule has 1 aromatic carbocycles. The van der Waals surface area contributed by atoms with E-state index in [4.69, 9.17) is 25.6 Å². The third-order valence-corrected chi connectivity index (χ3v) is 2.69.